The van der Waals surface area contributed by atoms with Crippen LogP contribution in [-0.2, 0) is 18.4 Å². The zero-order chi connectivity index (χ0) is 10.0. The van der Waals surface area contributed by atoms with Crippen LogP contribution in [0.3, 0.4) is 0 Å². The highest BCUT2D eigenvalue weighted by Crippen LogP contribution is 1.83. The number of hydrogen-bond acceptors (Lipinski definition) is 3. The molecule has 1 heterocycles. The molecule has 72 valence electrons. The van der Waals surface area contributed by atoms with E-state index >= 15 is 0 Å². The lowest BCUT2D eigenvalue weighted by atomic mass is 10.5. The van der Waals surface area contributed by atoms with Gasteiger partial charge in [-0.3, -0.25) is 9.36 Å². The van der Waals surface area contributed by atoms with E-state index in [1.165, 1.54) is 20.5 Å². The summed E-state index contributed by atoms with van der Waals surface area (Å²) < 4.78 is 2.45. The minimum Gasteiger partial charge on any atom is -0.347 e. The molecule has 6 heteroatoms. The molecule has 0 aromatic carbocycles. The summed E-state index contributed by atoms with van der Waals surface area (Å²) in [5.41, 5.74) is -0.282. The Balaban J connectivity index is 2.81. The van der Waals surface area contributed by atoms with E-state index in [2.05, 4.69) is 5.10 Å². The van der Waals surface area contributed by atoms with Crippen LogP contribution >= 0.6 is 0 Å². The van der Waals surface area contributed by atoms with Gasteiger partial charge >= 0.3 is 5.69 Å². The van der Waals surface area contributed by atoms with Crippen molar-refractivity contribution in [2.45, 2.75) is 6.54 Å². The number of carbonyl (C=O) groups excluding carboxylic acids is 1. The summed E-state index contributed by atoms with van der Waals surface area (Å²) in [5.74, 6) is -0.130. The molecule has 1 rings (SSSR count). The van der Waals surface area contributed by atoms with Gasteiger partial charge in [0.15, 0.2) is 0 Å². The van der Waals surface area contributed by atoms with Crippen molar-refractivity contribution < 1.29 is 4.79 Å². The lowest BCUT2D eigenvalue weighted by molar-refractivity contribution is -0.129. The molecule has 0 aliphatic heterocycles. The van der Waals surface area contributed by atoms with Gasteiger partial charge in [0.05, 0.1) is 0 Å². The number of aromatic nitrogens is 3. The third-order valence-electron chi connectivity index (χ3n) is 1.69. The highest BCUT2D eigenvalue weighted by Gasteiger charge is 2.08. The number of nitrogens with zero attached hydrogens (tertiary/aromatic N) is 4. The van der Waals surface area contributed by atoms with E-state index < -0.39 is 0 Å². The van der Waals surface area contributed by atoms with Crippen LogP contribution in [0, 0.1) is 0 Å². The predicted octanol–water partition coefficient (Wildman–Crippen LogP) is -1.33. The highest BCUT2D eigenvalue weighted by molar-refractivity contribution is 5.75. The van der Waals surface area contributed by atoms with Crippen LogP contribution in [0.15, 0.2) is 11.1 Å². The Morgan fingerprint density at radius 2 is 2.23 bits per heavy atom. The molecule has 6 nitrogen and oxygen atoms in total. The van der Waals surface area contributed by atoms with E-state index in [-0.39, 0.29) is 18.1 Å². The number of aryl methyl sites for hydroxylation is 1. The van der Waals surface area contributed by atoms with E-state index in [1.54, 1.807) is 21.1 Å². The maximum Gasteiger partial charge on any atom is 0.345 e. The summed E-state index contributed by atoms with van der Waals surface area (Å²) in [6.45, 7) is 0.0413. The van der Waals surface area contributed by atoms with Gasteiger partial charge < -0.3 is 4.90 Å². The van der Waals surface area contributed by atoms with Crippen LogP contribution in [-0.4, -0.2) is 39.3 Å². The number of likely N-dealkylation sites (N-methyl/N-ethyl adjacent to an activating group) is 1. The quantitative estimate of drug-likeness (QED) is 0.572. The number of amides is 1. The molecule has 1 aromatic heterocycles. The van der Waals surface area contributed by atoms with Crippen molar-refractivity contribution in [1.82, 2.24) is 19.2 Å². The minimum atomic E-state index is -0.282. The summed E-state index contributed by atoms with van der Waals surface area (Å²) in [7, 11) is 4.83. The topological polar surface area (TPSA) is 60.1 Å². The van der Waals surface area contributed by atoms with Gasteiger partial charge in [-0.15, -0.1) is 0 Å². The molecular formula is C7H12N4O2. The highest BCUT2D eigenvalue weighted by atomic mass is 16.2. The first-order chi connectivity index (χ1) is 6.02. The molecule has 0 spiro atoms. The second-order valence-corrected chi connectivity index (χ2v) is 2.95. The molecule has 1 aromatic rings. The van der Waals surface area contributed by atoms with Gasteiger partial charge in [0.1, 0.15) is 12.9 Å². The molecule has 0 bridgehead atoms. The smallest absolute Gasteiger partial charge is 0.345 e. The zero-order valence-electron chi connectivity index (χ0n) is 7.89. The first-order valence-corrected chi connectivity index (χ1v) is 3.81. The largest absolute Gasteiger partial charge is 0.347 e. The fraction of sp³-hybridized carbons (Fsp3) is 0.571. The average Bonchev–Trinajstić information content (AvgIpc) is 2.36. The van der Waals surface area contributed by atoms with Crippen molar-refractivity contribution in [1.29, 1.82) is 0 Å². The third kappa shape index (κ3) is 1.95. The Bertz CT molecular complexity index is 363. The van der Waals surface area contributed by atoms with Crippen molar-refractivity contribution in [3.63, 3.8) is 0 Å². The summed E-state index contributed by atoms with van der Waals surface area (Å²) in [6, 6.07) is 0. The Morgan fingerprint density at radius 3 is 2.62 bits per heavy atom. The van der Waals surface area contributed by atoms with Gasteiger partial charge in [0, 0.05) is 21.1 Å². The summed E-state index contributed by atoms with van der Waals surface area (Å²) in [6.07, 6.45) is 1.35. The van der Waals surface area contributed by atoms with Gasteiger partial charge in [-0.1, -0.05) is 0 Å². The van der Waals surface area contributed by atoms with Gasteiger partial charge in [-0.25, -0.2) is 9.48 Å². The normalized spacial score (nSPS) is 10.1. The molecule has 0 aliphatic rings. The molecule has 0 fully saturated rings. The molecule has 0 atom stereocenters. The number of rotatable bonds is 2. The monoisotopic (exact) mass is 184 g/mol. The maximum atomic E-state index is 11.2. The van der Waals surface area contributed by atoms with Crippen molar-refractivity contribution in [2.24, 2.45) is 7.05 Å². The molecule has 0 unspecified atom stereocenters. The Kier molecular flexibility index (Phi) is 2.50. The average molecular weight is 184 g/mol. The SMILES string of the molecule is CN(C)C(=O)Cn1cnn(C)c1=O. The van der Waals surface area contributed by atoms with E-state index in [0.29, 0.717) is 0 Å². The predicted molar refractivity (Wildman–Crippen MR) is 46.2 cm³/mol. The third-order valence-corrected chi connectivity index (χ3v) is 1.69. The summed E-state index contributed by atoms with van der Waals surface area (Å²) >= 11 is 0. The van der Waals surface area contributed by atoms with Crippen molar-refractivity contribution >= 4 is 5.91 Å². The van der Waals surface area contributed by atoms with Gasteiger partial charge in [-0.2, -0.15) is 5.10 Å². The van der Waals surface area contributed by atoms with Crippen LogP contribution in [0.5, 0.6) is 0 Å². The molecule has 13 heavy (non-hydrogen) atoms. The van der Waals surface area contributed by atoms with E-state index in [9.17, 15) is 9.59 Å². The summed E-state index contributed by atoms with van der Waals surface area (Å²) in [4.78, 5) is 23.9. The number of hydrogen-bond donors (Lipinski definition) is 0. The van der Waals surface area contributed by atoms with Gasteiger partial charge in [-0.05, 0) is 0 Å². The number of carbonyl (C=O) groups is 1. The van der Waals surface area contributed by atoms with Crippen LogP contribution in [0.2, 0.25) is 0 Å². The van der Waals surface area contributed by atoms with E-state index in [4.69, 9.17) is 0 Å². The maximum absolute atomic E-state index is 11.2. The molecule has 0 saturated carbocycles. The van der Waals surface area contributed by atoms with Crippen molar-refractivity contribution in [3.8, 4) is 0 Å². The van der Waals surface area contributed by atoms with Crippen molar-refractivity contribution in [3.05, 3.63) is 16.8 Å². The standard InChI is InChI=1S/C7H12N4O2/c1-9(2)6(12)4-11-5-8-10(3)7(11)13/h5H,4H2,1-3H3. The first-order valence-electron chi connectivity index (χ1n) is 3.81. The Hall–Kier alpha value is -1.59. The fourth-order valence-corrected chi connectivity index (χ4v) is 0.820. The van der Waals surface area contributed by atoms with Gasteiger partial charge in [0.2, 0.25) is 5.91 Å². The Labute approximate surface area is 75.4 Å². The van der Waals surface area contributed by atoms with Crippen LogP contribution in [0.4, 0.5) is 0 Å². The summed E-state index contributed by atoms with van der Waals surface area (Å²) in [5, 5.41) is 3.72. The van der Waals surface area contributed by atoms with Crippen LogP contribution in [0.1, 0.15) is 0 Å². The van der Waals surface area contributed by atoms with E-state index in [1.807, 2.05) is 0 Å². The molecular weight excluding hydrogens is 172 g/mol. The molecule has 0 radical (unpaired) electrons. The lowest BCUT2D eigenvalue weighted by Crippen LogP contribution is -2.31. The molecule has 0 saturated heterocycles. The van der Waals surface area contributed by atoms with Gasteiger partial charge in [0.25, 0.3) is 0 Å². The molecule has 0 N–H and O–H groups in total. The van der Waals surface area contributed by atoms with Crippen LogP contribution in [0.25, 0.3) is 0 Å². The molecule has 1 amide bonds. The minimum absolute atomic E-state index is 0.0413. The van der Waals surface area contributed by atoms with Crippen molar-refractivity contribution in [2.75, 3.05) is 14.1 Å². The van der Waals surface area contributed by atoms with E-state index in [0.717, 1.165) is 0 Å². The fourth-order valence-electron chi connectivity index (χ4n) is 0.820. The second-order valence-electron chi connectivity index (χ2n) is 2.95. The Morgan fingerprint density at radius 1 is 1.62 bits per heavy atom. The zero-order valence-corrected chi connectivity index (χ0v) is 7.89. The lowest BCUT2D eigenvalue weighted by Gasteiger charge is -2.08. The first kappa shape index (κ1) is 9.50. The molecule has 0 aliphatic carbocycles. The van der Waals surface area contributed by atoms with Crippen LogP contribution < -0.4 is 5.69 Å². The second kappa shape index (κ2) is 3.42.